The molecule has 0 bridgehead atoms. The lowest BCUT2D eigenvalue weighted by molar-refractivity contribution is -0.146. The van der Waals surface area contributed by atoms with Gasteiger partial charge < -0.3 is 4.90 Å². The molecule has 22 heavy (non-hydrogen) atoms. The molecule has 0 aliphatic carbocycles. The van der Waals surface area contributed by atoms with Gasteiger partial charge in [-0.15, -0.1) is 0 Å². The molecule has 1 aliphatic heterocycles. The molecule has 1 heterocycles. The van der Waals surface area contributed by atoms with Crippen LogP contribution in [0.25, 0.3) is 0 Å². The number of rotatable bonds is 11. The molecule has 1 saturated heterocycles. The topological polar surface area (TPSA) is 20.3 Å². The zero-order valence-electron chi connectivity index (χ0n) is 14.1. The van der Waals surface area contributed by atoms with Crippen LogP contribution in [-0.2, 0) is 4.79 Å². The number of hydrogen-bond acceptors (Lipinski definition) is 1. The molecule has 1 fully saturated rings. The van der Waals surface area contributed by atoms with Crippen LogP contribution in [0.3, 0.4) is 0 Å². The monoisotopic (exact) mass is 301 g/mol. The highest BCUT2D eigenvalue weighted by atomic mass is 16.2. The van der Waals surface area contributed by atoms with Crippen LogP contribution in [0, 0.1) is 0 Å². The number of likely N-dealkylation sites (tertiary alicyclic amines) is 1. The molecule has 0 saturated carbocycles. The van der Waals surface area contributed by atoms with Gasteiger partial charge in [-0.3, -0.25) is 4.79 Å². The van der Waals surface area contributed by atoms with Crippen molar-refractivity contribution in [3.63, 3.8) is 0 Å². The summed E-state index contributed by atoms with van der Waals surface area (Å²) in [4.78, 5) is 13.9. The van der Waals surface area contributed by atoms with E-state index in [9.17, 15) is 4.79 Å². The lowest BCUT2D eigenvalue weighted by atomic mass is 9.93. The number of β-lactam (4-membered cyclic amide) rings is 1. The fourth-order valence-corrected chi connectivity index (χ4v) is 3.30. The Kier molecular flexibility index (Phi) is 7.48. The van der Waals surface area contributed by atoms with Gasteiger partial charge in [0.25, 0.3) is 0 Å². The smallest absolute Gasteiger partial charge is 0.225 e. The molecule has 0 N–H and O–H groups in total. The number of hydrogen-bond donors (Lipinski definition) is 0. The summed E-state index contributed by atoms with van der Waals surface area (Å²) in [5.41, 5.74) is 1.29. The number of nitrogens with zero attached hydrogens (tertiary/aromatic N) is 1. The Morgan fingerprint density at radius 3 is 2.09 bits per heavy atom. The highest BCUT2D eigenvalue weighted by molar-refractivity contribution is 5.83. The first-order valence-electron chi connectivity index (χ1n) is 9.17. The Morgan fingerprint density at radius 1 is 0.909 bits per heavy atom. The van der Waals surface area contributed by atoms with Gasteiger partial charge in [-0.05, 0) is 12.0 Å². The number of benzene rings is 1. The van der Waals surface area contributed by atoms with E-state index in [2.05, 4.69) is 36.1 Å². The van der Waals surface area contributed by atoms with Gasteiger partial charge in [0.05, 0.1) is 12.5 Å². The van der Waals surface area contributed by atoms with Crippen molar-refractivity contribution in [2.45, 2.75) is 77.2 Å². The first kappa shape index (κ1) is 17.1. The third-order valence-corrected chi connectivity index (χ3v) is 4.75. The van der Waals surface area contributed by atoms with Crippen LogP contribution in [0.15, 0.2) is 30.3 Å². The summed E-state index contributed by atoms with van der Waals surface area (Å²) >= 11 is 0. The summed E-state index contributed by atoms with van der Waals surface area (Å²) in [6.45, 7) is 3.20. The predicted molar refractivity (Wildman–Crippen MR) is 92.7 cm³/mol. The SMILES string of the molecule is CCCCCCCCCCCN1C(=O)CC1c1ccccc1. The van der Waals surface area contributed by atoms with E-state index in [1.807, 2.05) is 6.07 Å². The maximum atomic E-state index is 11.8. The average molecular weight is 301 g/mol. The summed E-state index contributed by atoms with van der Waals surface area (Å²) in [5, 5.41) is 0. The number of carbonyl (C=O) groups is 1. The first-order chi connectivity index (χ1) is 10.8. The van der Waals surface area contributed by atoms with Crippen molar-refractivity contribution < 1.29 is 4.79 Å². The standard InChI is InChI=1S/C20H31NO/c1-2-3-4-5-6-7-8-9-13-16-21-19(17-20(21)22)18-14-11-10-12-15-18/h10-12,14-15,19H,2-9,13,16-17H2,1H3. The summed E-state index contributed by atoms with van der Waals surface area (Å²) in [7, 11) is 0. The molecule has 122 valence electrons. The summed E-state index contributed by atoms with van der Waals surface area (Å²) in [6, 6.07) is 10.8. The summed E-state index contributed by atoms with van der Waals surface area (Å²) < 4.78 is 0. The molecule has 2 rings (SSSR count). The first-order valence-corrected chi connectivity index (χ1v) is 9.17. The van der Waals surface area contributed by atoms with Crippen LogP contribution in [0.1, 0.15) is 82.7 Å². The minimum atomic E-state index is 0.327. The van der Waals surface area contributed by atoms with E-state index in [0.29, 0.717) is 18.4 Å². The van der Waals surface area contributed by atoms with Crippen molar-refractivity contribution in [1.29, 1.82) is 0 Å². The maximum absolute atomic E-state index is 11.8. The zero-order chi connectivity index (χ0) is 15.6. The maximum Gasteiger partial charge on any atom is 0.225 e. The highest BCUT2D eigenvalue weighted by Gasteiger charge is 2.36. The third kappa shape index (κ3) is 5.15. The molecule has 0 spiro atoms. The quantitative estimate of drug-likeness (QED) is 0.391. The van der Waals surface area contributed by atoms with E-state index < -0.39 is 0 Å². The Hall–Kier alpha value is -1.31. The molecular formula is C20H31NO. The van der Waals surface area contributed by atoms with E-state index in [0.717, 1.165) is 13.0 Å². The molecule has 2 nitrogen and oxygen atoms in total. The number of amides is 1. The largest absolute Gasteiger partial charge is 0.335 e. The highest BCUT2D eigenvalue weighted by Crippen LogP contribution is 2.34. The van der Waals surface area contributed by atoms with Gasteiger partial charge in [0.15, 0.2) is 0 Å². The van der Waals surface area contributed by atoms with Crippen LogP contribution in [0.2, 0.25) is 0 Å². The second kappa shape index (κ2) is 9.66. The van der Waals surface area contributed by atoms with E-state index in [4.69, 9.17) is 0 Å². The second-order valence-corrected chi connectivity index (χ2v) is 6.55. The minimum Gasteiger partial charge on any atom is -0.335 e. The Labute approximate surface area is 135 Å². The van der Waals surface area contributed by atoms with Gasteiger partial charge in [-0.1, -0.05) is 88.6 Å². The molecule has 1 aromatic rings. The van der Waals surface area contributed by atoms with Gasteiger partial charge in [0, 0.05) is 6.54 Å². The number of unbranched alkanes of at least 4 members (excludes halogenated alkanes) is 8. The molecule has 0 radical (unpaired) electrons. The summed E-state index contributed by atoms with van der Waals surface area (Å²) in [5.74, 6) is 0.327. The van der Waals surface area contributed by atoms with Gasteiger partial charge in [0.2, 0.25) is 5.91 Å². The predicted octanol–water partition coefficient (Wildman–Crippen LogP) is 5.49. The Balaban J connectivity index is 1.56. The minimum absolute atomic E-state index is 0.327. The van der Waals surface area contributed by atoms with Gasteiger partial charge >= 0.3 is 0 Å². The molecule has 1 aliphatic rings. The lowest BCUT2D eigenvalue weighted by Crippen LogP contribution is -2.46. The molecule has 1 aromatic carbocycles. The van der Waals surface area contributed by atoms with Crippen LogP contribution < -0.4 is 0 Å². The fraction of sp³-hybridized carbons (Fsp3) is 0.650. The zero-order valence-corrected chi connectivity index (χ0v) is 14.1. The molecule has 0 aromatic heterocycles. The lowest BCUT2D eigenvalue weighted by Gasteiger charge is -2.41. The Morgan fingerprint density at radius 2 is 1.50 bits per heavy atom. The van der Waals surface area contributed by atoms with Crippen LogP contribution >= 0.6 is 0 Å². The van der Waals surface area contributed by atoms with Crippen LogP contribution in [0.5, 0.6) is 0 Å². The van der Waals surface area contributed by atoms with Crippen molar-refractivity contribution in [2.24, 2.45) is 0 Å². The van der Waals surface area contributed by atoms with Crippen molar-refractivity contribution in [1.82, 2.24) is 4.90 Å². The van der Waals surface area contributed by atoms with E-state index >= 15 is 0 Å². The number of carbonyl (C=O) groups excluding carboxylic acids is 1. The van der Waals surface area contributed by atoms with Crippen molar-refractivity contribution in [2.75, 3.05) is 6.54 Å². The molecular weight excluding hydrogens is 270 g/mol. The van der Waals surface area contributed by atoms with Crippen LogP contribution in [-0.4, -0.2) is 17.4 Å². The molecule has 1 atom stereocenters. The van der Waals surface area contributed by atoms with E-state index in [-0.39, 0.29) is 0 Å². The average Bonchev–Trinajstić information content (AvgIpc) is 2.55. The van der Waals surface area contributed by atoms with Crippen molar-refractivity contribution in [3.8, 4) is 0 Å². The molecule has 1 amide bonds. The Bertz CT molecular complexity index is 429. The molecule has 2 heteroatoms. The van der Waals surface area contributed by atoms with Gasteiger partial charge in [0.1, 0.15) is 0 Å². The van der Waals surface area contributed by atoms with Gasteiger partial charge in [-0.2, -0.15) is 0 Å². The van der Waals surface area contributed by atoms with Crippen molar-refractivity contribution >= 4 is 5.91 Å². The van der Waals surface area contributed by atoms with Crippen LogP contribution in [0.4, 0.5) is 0 Å². The normalized spacial score (nSPS) is 17.6. The second-order valence-electron chi connectivity index (χ2n) is 6.55. The van der Waals surface area contributed by atoms with E-state index in [1.165, 1.54) is 56.9 Å². The fourth-order valence-electron chi connectivity index (χ4n) is 3.30. The third-order valence-electron chi connectivity index (χ3n) is 4.75. The van der Waals surface area contributed by atoms with E-state index in [1.54, 1.807) is 0 Å². The van der Waals surface area contributed by atoms with Gasteiger partial charge in [-0.25, -0.2) is 0 Å². The summed E-state index contributed by atoms with van der Waals surface area (Å²) in [6.07, 6.45) is 12.7. The van der Waals surface area contributed by atoms with Crippen molar-refractivity contribution in [3.05, 3.63) is 35.9 Å². The molecule has 1 unspecified atom stereocenters.